The summed E-state index contributed by atoms with van der Waals surface area (Å²) in [6, 6.07) is 5.88. The Bertz CT molecular complexity index is 1160. The quantitative estimate of drug-likeness (QED) is 0.564. The lowest BCUT2D eigenvalue weighted by molar-refractivity contribution is 0.0526. The molecule has 4 rings (SSSR count). The maximum absolute atomic E-state index is 13.4. The topological polar surface area (TPSA) is 105 Å². The third-order valence-electron chi connectivity index (χ3n) is 4.33. The first kappa shape index (κ1) is 20.6. The lowest BCUT2D eigenvalue weighted by Crippen LogP contribution is -2.17. The summed E-state index contributed by atoms with van der Waals surface area (Å²) in [6.07, 6.45) is 4.63. The minimum atomic E-state index is -0.518. The van der Waals surface area contributed by atoms with Gasteiger partial charge in [-0.1, -0.05) is 16.8 Å². The van der Waals surface area contributed by atoms with E-state index in [9.17, 15) is 9.18 Å². The van der Waals surface area contributed by atoms with E-state index < -0.39 is 11.8 Å². The van der Waals surface area contributed by atoms with E-state index in [1.807, 2.05) is 0 Å². The summed E-state index contributed by atoms with van der Waals surface area (Å²) in [4.78, 5) is 25.1. The van der Waals surface area contributed by atoms with Crippen LogP contribution in [-0.2, 0) is 4.74 Å². The van der Waals surface area contributed by atoms with Crippen LogP contribution in [0.15, 0.2) is 53.2 Å². The van der Waals surface area contributed by atoms with E-state index in [1.165, 1.54) is 24.4 Å². The normalized spacial score (nSPS) is 12.8. The minimum Gasteiger partial charge on any atom is -0.462 e. The number of halogens is 2. The number of nitrogens with one attached hydrogen (secondary N) is 1. The number of hydrogen-bond donors (Lipinski definition) is 1. The van der Waals surface area contributed by atoms with Gasteiger partial charge in [0.05, 0.1) is 30.3 Å². The van der Waals surface area contributed by atoms with Gasteiger partial charge in [0.1, 0.15) is 5.82 Å². The fourth-order valence-corrected chi connectivity index (χ4v) is 3.08. The van der Waals surface area contributed by atoms with Crippen LogP contribution in [-0.4, -0.2) is 40.6 Å². The second-order valence-corrected chi connectivity index (χ2v) is 6.85. The number of aromatic nitrogens is 3. The SMILES string of the molecule is CCOC(=O)c1cncc(-c2cnc(Nc3ccc(F)c(Cl)c3)nc2N2CCN=N2)c1. The monoisotopic (exact) mass is 441 g/mol. The lowest BCUT2D eigenvalue weighted by atomic mass is 10.1. The maximum Gasteiger partial charge on any atom is 0.339 e. The van der Waals surface area contributed by atoms with Gasteiger partial charge in [-0.25, -0.2) is 19.2 Å². The number of esters is 1. The van der Waals surface area contributed by atoms with Gasteiger partial charge in [-0.2, -0.15) is 10.1 Å². The van der Waals surface area contributed by atoms with Gasteiger partial charge in [0, 0.05) is 35.4 Å². The van der Waals surface area contributed by atoms with E-state index in [-0.39, 0.29) is 17.6 Å². The highest BCUT2D eigenvalue weighted by Crippen LogP contribution is 2.32. The highest BCUT2D eigenvalue weighted by Gasteiger charge is 2.20. The Labute approximate surface area is 181 Å². The zero-order chi connectivity index (χ0) is 21.8. The van der Waals surface area contributed by atoms with Gasteiger partial charge in [-0.3, -0.25) is 4.98 Å². The molecule has 9 nitrogen and oxygen atoms in total. The van der Waals surface area contributed by atoms with E-state index in [0.29, 0.717) is 41.3 Å². The molecule has 1 N–H and O–H groups in total. The van der Waals surface area contributed by atoms with Crippen LogP contribution in [0.2, 0.25) is 5.02 Å². The Hall–Kier alpha value is -3.66. The number of ether oxygens (including phenoxy) is 1. The molecule has 1 aromatic carbocycles. The van der Waals surface area contributed by atoms with Gasteiger partial charge < -0.3 is 10.1 Å². The van der Waals surface area contributed by atoms with Gasteiger partial charge >= 0.3 is 5.97 Å². The van der Waals surface area contributed by atoms with Crippen molar-refractivity contribution in [2.45, 2.75) is 6.92 Å². The molecule has 0 fully saturated rings. The van der Waals surface area contributed by atoms with Crippen molar-refractivity contribution in [2.24, 2.45) is 10.3 Å². The number of anilines is 3. The summed E-state index contributed by atoms with van der Waals surface area (Å²) in [5.41, 5.74) is 2.08. The molecule has 0 radical (unpaired) electrons. The van der Waals surface area contributed by atoms with E-state index in [0.717, 1.165) is 0 Å². The first-order chi connectivity index (χ1) is 15.0. The van der Waals surface area contributed by atoms with Crippen molar-refractivity contribution in [3.8, 4) is 11.1 Å². The molecule has 31 heavy (non-hydrogen) atoms. The number of carbonyl (C=O) groups excluding carboxylic acids is 1. The lowest BCUT2D eigenvalue weighted by Gasteiger charge is -2.17. The molecule has 1 aliphatic rings. The van der Waals surface area contributed by atoms with Gasteiger partial charge in [0.25, 0.3) is 0 Å². The molecular weight excluding hydrogens is 425 g/mol. The minimum absolute atomic E-state index is 0.0166. The van der Waals surface area contributed by atoms with Gasteiger partial charge in [0.2, 0.25) is 5.95 Å². The van der Waals surface area contributed by atoms with Gasteiger partial charge in [0.15, 0.2) is 5.82 Å². The Morgan fingerprint density at radius 3 is 2.90 bits per heavy atom. The molecule has 0 spiro atoms. The first-order valence-corrected chi connectivity index (χ1v) is 9.79. The van der Waals surface area contributed by atoms with Crippen molar-refractivity contribution in [2.75, 3.05) is 30.0 Å². The molecule has 0 atom stereocenters. The highest BCUT2D eigenvalue weighted by atomic mass is 35.5. The van der Waals surface area contributed by atoms with Crippen LogP contribution < -0.4 is 10.3 Å². The molecule has 1 aliphatic heterocycles. The summed E-state index contributed by atoms with van der Waals surface area (Å²) < 4.78 is 18.5. The fourth-order valence-electron chi connectivity index (χ4n) is 2.90. The molecule has 2 aromatic heterocycles. The molecule has 0 unspecified atom stereocenters. The van der Waals surface area contributed by atoms with E-state index in [4.69, 9.17) is 16.3 Å². The second-order valence-electron chi connectivity index (χ2n) is 6.45. The van der Waals surface area contributed by atoms with E-state index in [2.05, 4.69) is 30.6 Å². The van der Waals surface area contributed by atoms with Gasteiger partial charge in [-0.05, 0) is 31.2 Å². The van der Waals surface area contributed by atoms with Crippen LogP contribution >= 0.6 is 11.6 Å². The van der Waals surface area contributed by atoms with Crippen LogP contribution in [0.5, 0.6) is 0 Å². The van der Waals surface area contributed by atoms with E-state index in [1.54, 1.807) is 30.4 Å². The smallest absolute Gasteiger partial charge is 0.339 e. The Balaban J connectivity index is 1.71. The fraction of sp³-hybridized carbons (Fsp3) is 0.200. The molecule has 3 heterocycles. The van der Waals surface area contributed by atoms with Crippen molar-refractivity contribution in [1.29, 1.82) is 0 Å². The van der Waals surface area contributed by atoms with Crippen LogP contribution in [0.25, 0.3) is 11.1 Å². The molecule has 0 saturated heterocycles. The molecular formula is C20H17ClFN7O2. The molecule has 0 saturated carbocycles. The van der Waals surface area contributed by atoms with Crippen LogP contribution in [0.1, 0.15) is 17.3 Å². The average Bonchev–Trinajstić information content (AvgIpc) is 3.31. The van der Waals surface area contributed by atoms with Crippen molar-refractivity contribution < 1.29 is 13.9 Å². The molecule has 0 bridgehead atoms. The number of hydrogen-bond acceptors (Lipinski definition) is 9. The molecule has 0 aliphatic carbocycles. The number of carbonyl (C=O) groups is 1. The van der Waals surface area contributed by atoms with Crippen LogP contribution in [0.3, 0.4) is 0 Å². The van der Waals surface area contributed by atoms with Crippen LogP contribution in [0.4, 0.5) is 21.8 Å². The van der Waals surface area contributed by atoms with Crippen molar-refractivity contribution in [3.63, 3.8) is 0 Å². The Morgan fingerprint density at radius 2 is 2.16 bits per heavy atom. The summed E-state index contributed by atoms with van der Waals surface area (Å²) in [7, 11) is 0. The van der Waals surface area contributed by atoms with Crippen molar-refractivity contribution >= 4 is 35.0 Å². The summed E-state index contributed by atoms with van der Waals surface area (Å²) in [5, 5.41) is 12.7. The summed E-state index contributed by atoms with van der Waals surface area (Å²) in [5.74, 6) is -0.241. The largest absolute Gasteiger partial charge is 0.462 e. The zero-order valence-electron chi connectivity index (χ0n) is 16.4. The average molecular weight is 442 g/mol. The maximum atomic E-state index is 13.4. The molecule has 0 amide bonds. The Kier molecular flexibility index (Phi) is 5.99. The number of pyridine rings is 1. The predicted molar refractivity (Wildman–Crippen MR) is 113 cm³/mol. The highest BCUT2D eigenvalue weighted by molar-refractivity contribution is 6.31. The van der Waals surface area contributed by atoms with Crippen molar-refractivity contribution in [3.05, 3.63) is 59.3 Å². The number of rotatable bonds is 6. The summed E-state index contributed by atoms with van der Waals surface area (Å²) in [6.45, 7) is 3.07. The van der Waals surface area contributed by atoms with Gasteiger partial charge in [-0.15, -0.1) is 0 Å². The summed E-state index contributed by atoms with van der Waals surface area (Å²) >= 11 is 5.85. The third-order valence-corrected chi connectivity index (χ3v) is 4.62. The third kappa shape index (κ3) is 4.58. The molecule has 3 aromatic rings. The van der Waals surface area contributed by atoms with Crippen LogP contribution in [0, 0.1) is 5.82 Å². The first-order valence-electron chi connectivity index (χ1n) is 9.41. The predicted octanol–water partition coefficient (Wildman–Crippen LogP) is 4.44. The Morgan fingerprint density at radius 1 is 1.29 bits per heavy atom. The number of nitrogens with zero attached hydrogens (tertiary/aromatic N) is 6. The zero-order valence-corrected chi connectivity index (χ0v) is 17.2. The van der Waals surface area contributed by atoms with Crippen molar-refractivity contribution in [1.82, 2.24) is 15.0 Å². The van der Waals surface area contributed by atoms with E-state index >= 15 is 0 Å². The standard InChI is InChI=1S/C20H17ClFN7O2/c1-2-31-19(30)13-7-12(9-23-10-13)15-11-24-20(27-18(15)29-6-5-25-28-29)26-14-3-4-17(22)16(21)8-14/h3-4,7-11H,2,5-6H2,1H3,(H,24,26,27). The molecule has 158 valence electrons. The number of benzene rings is 1. The molecule has 11 heteroatoms. The second kappa shape index (κ2) is 9.00.